The molecule has 4 aliphatic heterocycles. The van der Waals surface area contributed by atoms with Crippen molar-refractivity contribution in [1.29, 1.82) is 0 Å². The molecule has 4 saturated heterocycles. The highest BCUT2D eigenvalue weighted by molar-refractivity contribution is 6.18. The van der Waals surface area contributed by atoms with Crippen LogP contribution in [-0.4, -0.2) is 99.5 Å². The maximum atomic E-state index is 17.7. The fourth-order valence-electron chi connectivity index (χ4n) is 9.58. The number of hydrogen-bond acceptors (Lipinski definition) is 9. The standard InChI is InChI=1S/C39H40F3N7O3/c1-4-26-29(41)7-6-22-14-25(50)15-27(30(22)26)31-33(42)35-32(28-19-47(2)46-34(28)31)36(48-18-24-8-10-38(20-48,45-24)11-13-51-3)44-37(43-35)52-21-39-9-5-12-49(39)17-23(40)16-39/h1,6-7,14-15,19,23-24,45,50H,5,8-13,16-18,20-21H2,2-3H3/t23-,24?,38?,39+/m1/s1. The molecule has 2 bridgehead atoms. The van der Waals surface area contributed by atoms with E-state index >= 15 is 8.78 Å². The minimum atomic E-state index is -0.940. The maximum Gasteiger partial charge on any atom is 0.319 e. The van der Waals surface area contributed by atoms with Crippen molar-refractivity contribution in [3.05, 3.63) is 47.7 Å². The van der Waals surface area contributed by atoms with Gasteiger partial charge in [-0.2, -0.15) is 15.1 Å². The second-order valence-corrected chi connectivity index (χ2v) is 15.1. The molecule has 10 nitrogen and oxygen atoms in total. The third-order valence-corrected chi connectivity index (χ3v) is 11.8. The Morgan fingerprint density at radius 1 is 1.13 bits per heavy atom. The number of rotatable bonds is 8. The zero-order chi connectivity index (χ0) is 35.9. The highest BCUT2D eigenvalue weighted by Gasteiger charge is 2.50. The number of alkyl halides is 1. The topological polar surface area (TPSA) is 101 Å². The number of nitrogens with one attached hydrogen (secondary N) is 1. The van der Waals surface area contributed by atoms with E-state index in [1.54, 1.807) is 25.0 Å². The Labute approximate surface area is 298 Å². The van der Waals surface area contributed by atoms with E-state index < -0.39 is 23.3 Å². The van der Waals surface area contributed by atoms with E-state index in [0.717, 1.165) is 38.6 Å². The first-order valence-electron chi connectivity index (χ1n) is 17.9. The van der Waals surface area contributed by atoms with Gasteiger partial charge >= 0.3 is 6.01 Å². The van der Waals surface area contributed by atoms with Crippen LogP contribution in [0.2, 0.25) is 0 Å². The van der Waals surface area contributed by atoms with Crippen molar-refractivity contribution in [2.75, 3.05) is 51.4 Å². The SMILES string of the molecule is C#Cc1c(F)ccc2cc(O)cc(-c3c(F)c4nc(OC[C@@]56CCCN5C[C@H](F)C6)nc(N5CC6CCC(CCOC)(C5)N6)c4c4cn(C)nc34)c12. The van der Waals surface area contributed by atoms with E-state index in [2.05, 4.69) is 21.0 Å². The molecule has 2 aromatic heterocycles. The minimum Gasteiger partial charge on any atom is -0.508 e. The number of phenols is 1. The molecule has 0 aliphatic carbocycles. The van der Waals surface area contributed by atoms with Gasteiger partial charge in [0.05, 0.1) is 16.5 Å². The van der Waals surface area contributed by atoms with Crippen molar-refractivity contribution in [1.82, 2.24) is 30.0 Å². The van der Waals surface area contributed by atoms with Crippen LogP contribution < -0.4 is 15.0 Å². The Kier molecular flexibility index (Phi) is 7.80. The van der Waals surface area contributed by atoms with Gasteiger partial charge in [-0.25, -0.2) is 13.2 Å². The van der Waals surface area contributed by atoms with Crippen molar-refractivity contribution < 1.29 is 27.8 Å². The van der Waals surface area contributed by atoms with Crippen LogP contribution in [0.1, 0.15) is 44.1 Å². The fraction of sp³-hybridized carbons (Fsp3) is 0.462. The Morgan fingerprint density at radius 3 is 2.83 bits per heavy atom. The quantitative estimate of drug-likeness (QED) is 0.199. The summed E-state index contributed by atoms with van der Waals surface area (Å²) in [5.74, 6) is 1.44. The van der Waals surface area contributed by atoms with Gasteiger partial charge in [0, 0.05) is 80.9 Å². The van der Waals surface area contributed by atoms with Crippen LogP contribution in [0.5, 0.6) is 11.8 Å². The zero-order valence-corrected chi connectivity index (χ0v) is 29.2. The minimum absolute atomic E-state index is 0.00181. The summed E-state index contributed by atoms with van der Waals surface area (Å²) in [6, 6.07) is 5.77. The number of phenolic OH excluding ortho intramolecular Hbond substituents is 1. The lowest BCUT2D eigenvalue weighted by Gasteiger charge is -2.42. The number of halogens is 3. The lowest BCUT2D eigenvalue weighted by Crippen LogP contribution is -2.60. The van der Waals surface area contributed by atoms with Crippen molar-refractivity contribution in [3.63, 3.8) is 0 Å². The van der Waals surface area contributed by atoms with Crippen LogP contribution in [0.15, 0.2) is 30.5 Å². The molecule has 4 atom stereocenters. The highest BCUT2D eigenvalue weighted by atomic mass is 19.1. The lowest BCUT2D eigenvalue weighted by atomic mass is 9.91. The molecule has 2 N–H and O–H groups in total. The van der Waals surface area contributed by atoms with Gasteiger partial charge in [0.15, 0.2) is 5.82 Å². The van der Waals surface area contributed by atoms with E-state index in [9.17, 15) is 9.50 Å². The number of hydrogen-bond donors (Lipinski definition) is 2. The van der Waals surface area contributed by atoms with Crippen molar-refractivity contribution in [3.8, 4) is 35.2 Å². The van der Waals surface area contributed by atoms with Crippen LogP contribution in [0.25, 0.3) is 43.7 Å². The molecule has 6 heterocycles. The molecule has 4 fully saturated rings. The number of nitrogens with zero attached hydrogens (tertiary/aromatic N) is 6. The number of anilines is 1. The van der Waals surface area contributed by atoms with Crippen molar-refractivity contribution in [2.45, 2.75) is 61.8 Å². The molecule has 9 rings (SSSR count). The summed E-state index contributed by atoms with van der Waals surface area (Å²) >= 11 is 0. The lowest BCUT2D eigenvalue weighted by molar-refractivity contribution is 0.107. The number of fused-ring (bicyclic) bond motifs is 7. The Morgan fingerprint density at radius 2 is 2.00 bits per heavy atom. The smallest absolute Gasteiger partial charge is 0.319 e. The number of ether oxygens (including phenoxy) is 2. The molecule has 0 spiro atoms. The van der Waals surface area contributed by atoms with E-state index in [0.29, 0.717) is 54.6 Å². The number of piperazine rings is 1. The molecule has 270 valence electrons. The van der Waals surface area contributed by atoms with E-state index in [-0.39, 0.29) is 63.1 Å². The average Bonchev–Trinajstić information content (AvgIpc) is 3.86. The first kappa shape index (κ1) is 33.2. The number of aromatic nitrogens is 4. The maximum absolute atomic E-state index is 17.7. The predicted molar refractivity (Wildman–Crippen MR) is 192 cm³/mol. The Balaban J connectivity index is 1.28. The summed E-state index contributed by atoms with van der Waals surface area (Å²) in [5.41, 5.74) is -0.241. The monoisotopic (exact) mass is 711 g/mol. The number of terminal acetylenes is 1. The first-order valence-corrected chi connectivity index (χ1v) is 17.9. The van der Waals surface area contributed by atoms with E-state index in [1.807, 2.05) is 0 Å². The summed E-state index contributed by atoms with van der Waals surface area (Å²) < 4.78 is 61.1. The van der Waals surface area contributed by atoms with Crippen LogP contribution in [0.4, 0.5) is 19.0 Å². The van der Waals surface area contributed by atoms with Gasteiger partial charge in [-0.3, -0.25) is 9.58 Å². The normalized spacial score (nSPS) is 25.8. The molecule has 5 aromatic rings. The molecule has 2 unspecified atom stereocenters. The van der Waals surface area contributed by atoms with Gasteiger partial charge < -0.3 is 24.8 Å². The molecular weight excluding hydrogens is 671 g/mol. The molecule has 13 heteroatoms. The highest BCUT2D eigenvalue weighted by Crippen LogP contribution is 2.46. The second-order valence-electron chi connectivity index (χ2n) is 15.1. The third-order valence-electron chi connectivity index (χ3n) is 11.8. The van der Waals surface area contributed by atoms with Gasteiger partial charge in [-0.05, 0) is 67.8 Å². The Bertz CT molecular complexity index is 2310. The summed E-state index contributed by atoms with van der Waals surface area (Å²) in [4.78, 5) is 14.1. The summed E-state index contributed by atoms with van der Waals surface area (Å²) in [6.45, 7) is 3.17. The summed E-state index contributed by atoms with van der Waals surface area (Å²) in [7, 11) is 3.44. The molecule has 0 radical (unpaired) electrons. The van der Waals surface area contributed by atoms with Gasteiger partial charge in [0.25, 0.3) is 0 Å². The molecule has 0 amide bonds. The molecule has 0 saturated carbocycles. The average molecular weight is 712 g/mol. The second kappa shape index (κ2) is 12.2. The number of methoxy groups -OCH3 is 1. The van der Waals surface area contributed by atoms with Gasteiger partial charge in [-0.15, -0.1) is 6.42 Å². The van der Waals surface area contributed by atoms with Gasteiger partial charge in [-0.1, -0.05) is 12.0 Å². The van der Waals surface area contributed by atoms with Crippen molar-refractivity contribution >= 4 is 38.4 Å². The molecule has 4 aliphatic rings. The first-order chi connectivity index (χ1) is 25.1. The number of aryl methyl sites for hydroxylation is 1. The largest absolute Gasteiger partial charge is 0.508 e. The molecule has 52 heavy (non-hydrogen) atoms. The zero-order valence-electron chi connectivity index (χ0n) is 29.2. The van der Waals surface area contributed by atoms with Crippen LogP contribution in [0.3, 0.4) is 0 Å². The molecular formula is C39H40F3N7O3. The summed E-state index contributed by atoms with van der Waals surface area (Å²) in [6.07, 6.45) is 11.5. The van der Waals surface area contributed by atoms with Crippen molar-refractivity contribution in [2.24, 2.45) is 7.05 Å². The van der Waals surface area contributed by atoms with Crippen LogP contribution in [0, 0.1) is 24.0 Å². The van der Waals surface area contributed by atoms with E-state index in [4.69, 9.17) is 31.0 Å². The Hall–Kier alpha value is -4.64. The third kappa shape index (κ3) is 5.17. The predicted octanol–water partition coefficient (Wildman–Crippen LogP) is 5.60. The van der Waals surface area contributed by atoms with Gasteiger partial charge in [0.1, 0.15) is 41.2 Å². The molecule has 3 aromatic carbocycles. The number of benzene rings is 3. The van der Waals surface area contributed by atoms with Gasteiger partial charge in [0.2, 0.25) is 0 Å². The fourth-order valence-corrected chi connectivity index (χ4v) is 9.58. The van der Waals surface area contributed by atoms with Crippen LogP contribution >= 0.6 is 0 Å². The van der Waals surface area contributed by atoms with E-state index in [1.165, 1.54) is 24.3 Å². The number of aromatic hydroxyl groups is 1. The van der Waals surface area contributed by atoms with Crippen LogP contribution in [-0.2, 0) is 11.8 Å². The summed E-state index contributed by atoms with van der Waals surface area (Å²) in [5, 5.41) is 21.2.